The van der Waals surface area contributed by atoms with Crippen molar-refractivity contribution in [3.8, 4) is 0 Å². The highest BCUT2D eigenvalue weighted by Gasteiger charge is 2.07. The van der Waals surface area contributed by atoms with Crippen molar-refractivity contribution in [1.82, 2.24) is 5.06 Å². The average molecular weight is 197 g/mol. The zero-order valence-corrected chi connectivity index (χ0v) is 7.87. The van der Waals surface area contributed by atoms with Gasteiger partial charge in [-0.2, -0.15) is 0 Å². The molecule has 0 unspecified atom stereocenters. The standard InChI is InChI=1S/C9H10FN2O2/c1-12(14-2)9(13)11-8-5-3-4-7(10)6-8/h3,5-6H,1-2H3,(H,11,13). The highest BCUT2D eigenvalue weighted by molar-refractivity contribution is 5.88. The summed E-state index contributed by atoms with van der Waals surface area (Å²) in [6, 6.07) is 5.94. The molecule has 0 saturated carbocycles. The van der Waals surface area contributed by atoms with Gasteiger partial charge in [0.25, 0.3) is 0 Å². The maximum absolute atomic E-state index is 12.6. The third-order valence-electron chi connectivity index (χ3n) is 1.58. The van der Waals surface area contributed by atoms with Crippen LogP contribution in [0.5, 0.6) is 0 Å². The van der Waals surface area contributed by atoms with E-state index in [1.54, 1.807) is 0 Å². The third-order valence-corrected chi connectivity index (χ3v) is 1.58. The summed E-state index contributed by atoms with van der Waals surface area (Å²) in [7, 11) is 2.81. The molecule has 0 atom stereocenters. The molecule has 4 nitrogen and oxygen atoms in total. The normalized spacial score (nSPS) is 9.64. The quantitative estimate of drug-likeness (QED) is 0.732. The van der Waals surface area contributed by atoms with E-state index >= 15 is 0 Å². The number of hydrogen-bond donors (Lipinski definition) is 1. The third kappa shape index (κ3) is 2.70. The summed E-state index contributed by atoms with van der Waals surface area (Å²) < 4.78 is 12.6. The van der Waals surface area contributed by atoms with E-state index < -0.39 is 11.8 Å². The molecule has 1 N–H and O–H groups in total. The summed E-state index contributed by atoms with van der Waals surface area (Å²) in [4.78, 5) is 15.8. The van der Waals surface area contributed by atoms with Crippen molar-refractivity contribution in [3.05, 3.63) is 30.1 Å². The van der Waals surface area contributed by atoms with Gasteiger partial charge in [0.05, 0.1) is 7.11 Å². The minimum Gasteiger partial charge on any atom is -0.306 e. The van der Waals surface area contributed by atoms with Crippen LogP contribution in [-0.4, -0.2) is 25.3 Å². The Kier molecular flexibility index (Phi) is 3.41. The van der Waals surface area contributed by atoms with E-state index in [1.165, 1.54) is 32.4 Å². The predicted molar refractivity (Wildman–Crippen MR) is 49.0 cm³/mol. The number of hydrogen-bond acceptors (Lipinski definition) is 2. The molecule has 5 heteroatoms. The van der Waals surface area contributed by atoms with Crippen molar-refractivity contribution in [3.63, 3.8) is 0 Å². The first kappa shape index (κ1) is 10.5. The molecule has 0 aliphatic carbocycles. The molecule has 0 aliphatic heterocycles. The fraction of sp³-hybridized carbons (Fsp3) is 0.222. The SMILES string of the molecule is CON(C)C(=O)Nc1cc[c]c(F)c1. The lowest BCUT2D eigenvalue weighted by Gasteiger charge is -2.14. The number of carbonyl (C=O) groups excluding carboxylic acids is 1. The molecule has 75 valence electrons. The summed E-state index contributed by atoms with van der Waals surface area (Å²) >= 11 is 0. The lowest BCUT2D eigenvalue weighted by atomic mass is 10.3. The average Bonchev–Trinajstić information content (AvgIpc) is 2.16. The Bertz CT molecular complexity index is 330. The van der Waals surface area contributed by atoms with Gasteiger partial charge < -0.3 is 5.32 Å². The van der Waals surface area contributed by atoms with E-state index in [9.17, 15) is 9.18 Å². The smallest absolute Gasteiger partial charge is 0.306 e. The lowest BCUT2D eigenvalue weighted by molar-refractivity contribution is -0.0598. The predicted octanol–water partition coefficient (Wildman–Crippen LogP) is 1.65. The number of benzene rings is 1. The molecule has 0 heterocycles. The van der Waals surface area contributed by atoms with E-state index in [4.69, 9.17) is 0 Å². The number of nitrogens with zero attached hydrogens (tertiary/aromatic N) is 1. The largest absolute Gasteiger partial charge is 0.345 e. The first-order valence-corrected chi connectivity index (χ1v) is 3.89. The number of nitrogens with one attached hydrogen (secondary N) is 1. The minimum atomic E-state index is -0.525. The molecule has 0 spiro atoms. The van der Waals surface area contributed by atoms with Crippen LogP contribution in [0.25, 0.3) is 0 Å². The number of hydroxylamine groups is 2. The van der Waals surface area contributed by atoms with Crippen LogP contribution in [0.3, 0.4) is 0 Å². The molecule has 1 radical (unpaired) electrons. The van der Waals surface area contributed by atoms with Gasteiger partial charge in [-0.05, 0) is 18.2 Å². The molecule has 0 bridgehead atoms. The number of amides is 2. The molecule has 1 aromatic rings. The van der Waals surface area contributed by atoms with Crippen LogP contribution in [0.4, 0.5) is 14.9 Å². The van der Waals surface area contributed by atoms with Gasteiger partial charge in [-0.25, -0.2) is 14.2 Å². The fourth-order valence-corrected chi connectivity index (χ4v) is 0.800. The fourth-order valence-electron chi connectivity index (χ4n) is 0.800. The van der Waals surface area contributed by atoms with Crippen molar-refractivity contribution in [2.75, 3.05) is 19.5 Å². The number of anilines is 1. The Morgan fingerprint density at radius 3 is 3.00 bits per heavy atom. The van der Waals surface area contributed by atoms with Crippen LogP contribution >= 0.6 is 0 Å². The molecule has 2 amide bonds. The summed E-state index contributed by atoms with van der Waals surface area (Å²) in [5.74, 6) is -0.525. The topological polar surface area (TPSA) is 41.6 Å². The molecule has 0 aliphatic rings. The van der Waals surface area contributed by atoms with Crippen LogP contribution in [0.15, 0.2) is 18.2 Å². The molecule has 1 rings (SSSR count). The van der Waals surface area contributed by atoms with Crippen LogP contribution in [-0.2, 0) is 4.84 Å². The second-order valence-electron chi connectivity index (χ2n) is 2.54. The van der Waals surface area contributed by atoms with E-state index in [2.05, 4.69) is 16.2 Å². The number of carbonyl (C=O) groups is 1. The van der Waals surface area contributed by atoms with Gasteiger partial charge >= 0.3 is 6.03 Å². The van der Waals surface area contributed by atoms with E-state index in [-0.39, 0.29) is 0 Å². The van der Waals surface area contributed by atoms with Crippen LogP contribution in [0.1, 0.15) is 0 Å². The van der Waals surface area contributed by atoms with Gasteiger partial charge in [0.2, 0.25) is 0 Å². The summed E-state index contributed by atoms with van der Waals surface area (Å²) in [5.41, 5.74) is 0.357. The van der Waals surface area contributed by atoms with Crippen molar-refractivity contribution in [1.29, 1.82) is 0 Å². The van der Waals surface area contributed by atoms with E-state index in [1.807, 2.05) is 0 Å². The summed E-state index contributed by atoms with van der Waals surface area (Å²) in [6.45, 7) is 0. The Hall–Kier alpha value is -1.62. The van der Waals surface area contributed by atoms with Crippen LogP contribution in [0, 0.1) is 11.9 Å². The number of urea groups is 1. The van der Waals surface area contributed by atoms with Gasteiger partial charge in [-0.3, -0.25) is 4.84 Å². The van der Waals surface area contributed by atoms with Gasteiger partial charge in [-0.15, -0.1) is 0 Å². The maximum atomic E-state index is 12.6. The monoisotopic (exact) mass is 197 g/mol. The van der Waals surface area contributed by atoms with Gasteiger partial charge in [0.15, 0.2) is 0 Å². The second kappa shape index (κ2) is 4.57. The molecule has 1 aromatic carbocycles. The molecule has 14 heavy (non-hydrogen) atoms. The maximum Gasteiger partial charge on any atom is 0.345 e. The zero-order valence-electron chi connectivity index (χ0n) is 7.87. The molecule has 0 fully saturated rings. The Balaban J connectivity index is 2.65. The number of halogens is 1. The summed E-state index contributed by atoms with van der Waals surface area (Å²) in [5, 5.41) is 3.43. The first-order chi connectivity index (χ1) is 6.63. The Morgan fingerprint density at radius 1 is 1.71 bits per heavy atom. The van der Waals surface area contributed by atoms with Crippen LogP contribution in [0.2, 0.25) is 0 Å². The second-order valence-corrected chi connectivity index (χ2v) is 2.54. The molecule has 0 saturated heterocycles. The van der Waals surface area contributed by atoms with Crippen molar-refractivity contribution in [2.45, 2.75) is 0 Å². The van der Waals surface area contributed by atoms with E-state index in [0.29, 0.717) is 5.69 Å². The lowest BCUT2D eigenvalue weighted by Crippen LogP contribution is -2.30. The van der Waals surface area contributed by atoms with Gasteiger partial charge in [0.1, 0.15) is 5.82 Å². The first-order valence-electron chi connectivity index (χ1n) is 3.89. The van der Waals surface area contributed by atoms with Crippen molar-refractivity contribution >= 4 is 11.7 Å². The highest BCUT2D eigenvalue weighted by atomic mass is 19.1. The molecular weight excluding hydrogens is 187 g/mol. The Morgan fingerprint density at radius 2 is 2.43 bits per heavy atom. The summed E-state index contributed by atoms with van der Waals surface area (Å²) in [6.07, 6.45) is 0. The van der Waals surface area contributed by atoms with Crippen molar-refractivity contribution < 1.29 is 14.0 Å². The van der Waals surface area contributed by atoms with E-state index in [0.717, 1.165) is 5.06 Å². The zero-order chi connectivity index (χ0) is 10.6. The van der Waals surface area contributed by atoms with Gasteiger partial charge in [0, 0.05) is 18.8 Å². The van der Waals surface area contributed by atoms with Crippen molar-refractivity contribution in [2.24, 2.45) is 0 Å². The number of rotatable bonds is 2. The Labute approximate surface area is 81.2 Å². The highest BCUT2D eigenvalue weighted by Crippen LogP contribution is 2.08. The minimum absolute atomic E-state index is 0.357. The van der Waals surface area contributed by atoms with Gasteiger partial charge in [-0.1, -0.05) is 0 Å². The van der Waals surface area contributed by atoms with Crippen LogP contribution < -0.4 is 5.32 Å². The molecule has 0 aromatic heterocycles. The molecular formula is C9H10FN2O2.